The number of aliphatic hydroxyl groups is 6. The van der Waals surface area contributed by atoms with Gasteiger partial charge in [0.15, 0.2) is 0 Å². The number of rotatable bonds is 10. The molecule has 0 aliphatic heterocycles. The lowest BCUT2D eigenvalue weighted by molar-refractivity contribution is 0.155. The molecule has 21 heavy (non-hydrogen) atoms. The second-order valence-electron chi connectivity index (χ2n) is 2.76. The Hall–Kier alpha value is -1.36. The van der Waals surface area contributed by atoms with Crippen LogP contribution in [0, 0.1) is 0 Å². The first kappa shape index (κ1) is 24.6. The summed E-state index contributed by atoms with van der Waals surface area (Å²) in [7, 11) is 0. The van der Waals surface area contributed by atoms with Crippen LogP contribution in [-0.4, -0.2) is 83.5 Å². The van der Waals surface area contributed by atoms with Crippen LogP contribution in [0.3, 0.4) is 0 Å². The zero-order chi connectivity index (χ0) is 16.6. The maximum atomic E-state index is 8.31. The molecule has 0 atom stereocenters. The van der Waals surface area contributed by atoms with Crippen molar-refractivity contribution in [2.24, 2.45) is 0 Å². The summed E-state index contributed by atoms with van der Waals surface area (Å²) in [4.78, 5) is 0. The van der Waals surface area contributed by atoms with Crippen molar-refractivity contribution in [1.82, 2.24) is 0 Å². The van der Waals surface area contributed by atoms with E-state index in [1.54, 1.807) is 0 Å². The molecule has 0 spiro atoms. The summed E-state index contributed by atoms with van der Waals surface area (Å²) in [5.41, 5.74) is 0. The third-order valence-corrected chi connectivity index (χ3v) is 1.08. The Balaban J connectivity index is -0.000000334. The molecule has 0 aliphatic rings. The van der Waals surface area contributed by atoms with E-state index in [9.17, 15) is 0 Å². The van der Waals surface area contributed by atoms with E-state index in [1.807, 2.05) is 0 Å². The SMILES string of the molecule is OCCO.OCCO.OCCOC=COC=COCCO. The van der Waals surface area contributed by atoms with Gasteiger partial charge < -0.3 is 44.8 Å². The smallest absolute Gasteiger partial charge is 0.125 e. The minimum absolute atomic E-state index is 0.0280. The van der Waals surface area contributed by atoms with E-state index in [0.717, 1.165) is 0 Å². The highest BCUT2D eigenvalue weighted by Crippen LogP contribution is 1.83. The Kier molecular flexibility index (Phi) is 36.6. The maximum absolute atomic E-state index is 8.31. The molecule has 0 bridgehead atoms. The molecule has 0 fully saturated rings. The molecule has 0 saturated carbocycles. The molecule has 0 radical (unpaired) electrons. The van der Waals surface area contributed by atoms with Crippen LogP contribution in [0.2, 0.25) is 0 Å². The van der Waals surface area contributed by atoms with Gasteiger partial charge in [0.25, 0.3) is 0 Å². The molecule has 0 aromatic heterocycles. The normalized spacial score (nSPS) is 9.62. The zero-order valence-corrected chi connectivity index (χ0v) is 11.9. The summed E-state index contributed by atoms with van der Waals surface area (Å²) in [6, 6.07) is 0. The Bertz CT molecular complexity index is 173. The van der Waals surface area contributed by atoms with Crippen molar-refractivity contribution >= 4 is 0 Å². The molecule has 6 N–H and O–H groups in total. The van der Waals surface area contributed by atoms with Gasteiger partial charge in [0, 0.05) is 0 Å². The number of aliphatic hydroxyl groups excluding tert-OH is 6. The molecular weight excluding hydrogens is 288 g/mol. The van der Waals surface area contributed by atoms with Crippen LogP contribution in [0.5, 0.6) is 0 Å². The molecule has 0 unspecified atom stereocenters. The Labute approximate surface area is 123 Å². The first-order valence-corrected chi connectivity index (χ1v) is 6.08. The van der Waals surface area contributed by atoms with Gasteiger partial charge in [0.05, 0.1) is 39.6 Å². The third kappa shape index (κ3) is 45.6. The molecule has 0 amide bonds. The molecule has 0 rings (SSSR count). The molecule has 0 aliphatic carbocycles. The van der Waals surface area contributed by atoms with Gasteiger partial charge >= 0.3 is 0 Å². The molecular formula is C12H26O9. The number of hydrogen-bond donors (Lipinski definition) is 6. The van der Waals surface area contributed by atoms with E-state index < -0.39 is 0 Å². The van der Waals surface area contributed by atoms with E-state index in [-0.39, 0.29) is 52.9 Å². The van der Waals surface area contributed by atoms with Crippen LogP contribution >= 0.6 is 0 Å². The highest BCUT2D eigenvalue weighted by Gasteiger charge is 1.77. The molecule has 9 heteroatoms. The van der Waals surface area contributed by atoms with Crippen molar-refractivity contribution in [2.75, 3.05) is 52.9 Å². The van der Waals surface area contributed by atoms with Crippen molar-refractivity contribution < 1.29 is 44.8 Å². The van der Waals surface area contributed by atoms with Crippen LogP contribution in [0.15, 0.2) is 25.0 Å². The van der Waals surface area contributed by atoms with Crippen LogP contribution in [0.1, 0.15) is 0 Å². The van der Waals surface area contributed by atoms with Crippen molar-refractivity contribution in [3.8, 4) is 0 Å². The zero-order valence-electron chi connectivity index (χ0n) is 11.9. The fourth-order valence-corrected chi connectivity index (χ4v) is 0.430. The van der Waals surface area contributed by atoms with Crippen molar-refractivity contribution in [3.05, 3.63) is 25.0 Å². The van der Waals surface area contributed by atoms with Gasteiger partial charge in [-0.1, -0.05) is 0 Å². The fourth-order valence-electron chi connectivity index (χ4n) is 0.430. The number of ether oxygens (including phenoxy) is 3. The van der Waals surface area contributed by atoms with Crippen LogP contribution < -0.4 is 0 Å². The van der Waals surface area contributed by atoms with Crippen LogP contribution in [0.4, 0.5) is 0 Å². The van der Waals surface area contributed by atoms with Gasteiger partial charge in [0.1, 0.15) is 38.3 Å². The lowest BCUT2D eigenvalue weighted by Crippen LogP contribution is -1.92. The largest absolute Gasteiger partial charge is 0.496 e. The molecule has 0 heterocycles. The average Bonchev–Trinajstić information content (AvgIpc) is 2.54. The van der Waals surface area contributed by atoms with Gasteiger partial charge in [-0.15, -0.1) is 0 Å². The summed E-state index contributed by atoms with van der Waals surface area (Å²) in [5, 5.41) is 47.1. The monoisotopic (exact) mass is 314 g/mol. The fraction of sp³-hybridized carbons (Fsp3) is 0.667. The quantitative estimate of drug-likeness (QED) is 0.197. The summed E-state index contributed by atoms with van der Waals surface area (Å²) in [6.45, 7) is -0.0746. The minimum Gasteiger partial charge on any atom is -0.496 e. The van der Waals surface area contributed by atoms with E-state index in [2.05, 4.69) is 0 Å². The molecule has 9 nitrogen and oxygen atoms in total. The average molecular weight is 314 g/mol. The van der Waals surface area contributed by atoms with Crippen molar-refractivity contribution in [2.45, 2.75) is 0 Å². The van der Waals surface area contributed by atoms with Gasteiger partial charge in [0.2, 0.25) is 0 Å². The van der Waals surface area contributed by atoms with Gasteiger partial charge in [-0.05, 0) is 0 Å². The number of hydrogen-bond acceptors (Lipinski definition) is 9. The second-order valence-corrected chi connectivity index (χ2v) is 2.76. The van der Waals surface area contributed by atoms with Gasteiger partial charge in [-0.3, -0.25) is 0 Å². The van der Waals surface area contributed by atoms with E-state index in [0.29, 0.717) is 0 Å². The first-order valence-electron chi connectivity index (χ1n) is 6.08. The minimum atomic E-state index is -0.125. The summed E-state index contributed by atoms with van der Waals surface area (Å²) in [6.07, 6.45) is 5.22. The summed E-state index contributed by atoms with van der Waals surface area (Å²) >= 11 is 0. The predicted molar refractivity (Wildman–Crippen MR) is 73.8 cm³/mol. The van der Waals surface area contributed by atoms with Crippen molar-refractivity contribution in [1.29, 1.82) is 0 Å². The van der Waals surface area contributed by atoms with E-state index >= 15 is 0 Å². The lowest BCUT2D eigenvalue weighted by atomic mass is 10.8. The maximum Gasteiger partial charge on any atom is 0.125 e. The Morgan fingerprint density at radius 3 is 1.05 bits per heavy atom. The molecule has 0 aromatic carbocycles. The van der Waals surface area contributed by atoms with E-state index in [1.165, 1.54) is 25.0 Å². The molecule has 0 aromatic rings. The highest BCUT2D eigenvalue weighted by atomic mass is 16.5. The molecule has 128 valence electrons. The highest BCUT2D eigenvalue weighted by molar-refractivity contribution is 4.69. The molecule has 0 saturated heterocycles. The summed E-state index contributed by atoms with van der Waals surface area (Å²) < 4.78 is 14.2. The lowest BCUT2D eigenvalue weighted by Gasteiger charge is -1.95. The second kappa shape index (κ2) is 31.2. The van der Waals surface area contributed by atoms with Gasteiger partial charge in [-0.25, -0.2) is 0 Å². The van der Waals surface area contributed by atoms with Crippen LogP contribution in [-0.2, 0) is 14.2 Å². The standard InChI is InChI=1S/C8H14O5.2C2H6O2/c9-1-3-11-5-7-13-8-6-12-4-2-10;2*3-1-2-4/h5-10H,1-4H2;2*3-4H,1-2H2. The topological polar surface area (TPSA) is 149 Å². The Morgan fingerprint density at radius 1 is 0.476 bits per heavy atom. The van der Waals surface area contributed by atoms with Crippen molar-refractivity contribution in [3.63, 3.8) is 0 Å². The summed E-state index contributed by atoms with van der Waals surface area (Å²) in [5.74, 6) is 0. The third-order valence-electron chi connectivity index (χ3n) is 1.08. The van der Waals surface area contributed by atoms with E-state index in [4.69, 9.17) is 44.8 Å². The van der Waals surface area contributed by atoms with Gasteiger partial charge in [-0.2, -0.15) is 0 Å². The van der Waals surface area contributed by atoms with Crippen LogP contribution in [0.25, 0.3) is 0 Å². The Morgan fingerprint density at radius 2 is 0.810 bits per heavy atom. The predicted octanol–water partition coefficient (Wildman–Crippen LogP) is -2.09. The first-order chi connectivity index (χ1) is 10.2.